The molecule has 0 radical (unpaired) electrons. The lowest BCUT2D eigenvalue weighted by Crippen LogP contribution is -2.29. The summed E-state index contributed by atoms with van der Waals surface area (Å²) in [5.41, 5.74) is 1.78. The molecule has 12 heteroatoms. The molecule has 200 valence electrons. The lowest BCUT2D eigenvalue weighted by atomic mass is 10.1. The van der Waals surface area contributed by atoms with E-state index in [4.69, 9.17) is 10.2 Å². The molecule has 0 aliphatic heterocycles. The summed E-state index contributed by atoms with van der Waals surface area (Å²) in [6.07, 6.45) is 1.78. The van der Waals surface area contributed by atoms with Crippen LogP contribution in [-0.2, 0) is 22.6 Å². The number of hydrogen-bond acceptors (Lipinski definition) is 4. The molecule has 0 spiro atoms. The Labute approximate surface area is 218 Å². The van der Waals surface area contributed by atoms with Gasteiger partial charge < -0.3 is 10.6 Å². The number of allylic oxidation sites excluding steroid dienone is 3. The van der Waals surface area contributed by atoms with Crippen molar-refractivity contribution >= 4 is 21.7 Å². The zero-order chi connectivity index (χ0) is 27.3. The van der Waals surface area contributed by atoms with Gasteiger partial charge in [-0.25, -0.2) is 18.4 Å². The van der Waals surface area contributed by atoms with E-state index in [2.05, 4.69) is 10.6 Å². The first-order valence-corrected chi connectivity index (χ1v) is 13.3. The van der Waals surface area contributed by atoms with Crippen LogP contribution < -0.4 is 15.8 Å². The van der Waals surface area contributed by atoms with Gasteiger partial charge in [-0.05, 0) is 55.2 Å². The predicted molar refractivity (Wildman–Crippen MR) is 138 cm³/mol. The van der Waals surface area contributed by atoms with Crippen molar-refractivity contribution in [3.05, 3.63) is 95.1 Å². The summed E-state index contributed by atoms with van der Waals surface area (Å²) in [7, 11) is -3.78. The summed E-state index contributed by atoms with van der Waals surface area (Å²) in [6.45, 7) is 0.280. The molecule has 0 bridgehead atoms. The second-order valence-electron chi connectivity index (χ2n) is 8.71. The molecule has 0 fully saturated rings. The molecule has 38 heavy (non-hydrogen) atoms. The Bertz CT molecular complexity index is 1460. The number of nitrogens with zero attached hydrogens (tertiary/aromatic N) is 2. The summed E-state index contributed by atoms with van der Waals surface area (Å²) in [5, 5.41) is 15.0. The van der Waals surface area contributed by atoms with Gasteiger partial charge in [-0.1, -0.05) is 48.6 Å². The number of rotatable bonds is 8. The Morgan fingerprint density at radius 1 is 1.11 bits per heavy atom. The number of alkyl halides is 3. The fraction of sp³-hybridized carbons (Fsp3) is 0.231. The minimum absolute atomic E-state index is 0.0451. The van der Waals surface area contributed by atoms with Crippen LogP contribution in [0.3, 0.4) is 0 Å². The van der Waals surface area contributed by atoms with E-state index in [0.717, 1.165) is 29.1 Å². The maximum absolute atomic E-state index is 12.9. The molecular weight excluding hydrogens is 519 g/mol. The average Bonchev–Trinajstić information content (AvgIpc) is 3.31. The smallest absolute Gasteiger partial charge is 0.338 e. The molecule has 0 saturated carbocycles. The van der Waals surface area contributed by atoms with Crippen LogP contribution in [0.5, 0.6) is 0 Å². The van der Waals surface area contributed by atoms with Crippen LogP contribution in [0.1, 0.15) is 30.1 Å². The van der Waals surface area contributed by atoms with Gasteiger partial charge in [-0.3, -0.25) is 4.68 Å². The summed E-state index contributed by atoms with van der Waals surface area (Å²) in [5.74, 6) is 0. The Balaban J connectivity index is 1.38. The van der Waals surface area contributed by atoms with E-state index in [1.165, 1.54) is 18.2 Å². The molecule has 0 saturated heterocycles. The Morgan fingerprint density at radius 2 is 1.87 bits per heavy atom. The normalized spacial score (nSPS) is 15.7. The third-order valence-corrected chi connectivity index (χ3v) is 6.84. The topological polar surface area (TPSA) is 119 Å². The van der Waals surface area contributed by atoms with Gasteiger partial charge in [0.1, 0.15) is 0 Å². The van der Waals surface area contributed by atoms with Crippen molar-refractivity contribution in [3.8, 4) is 11.3 Å². The molecule has 3 aromatic rings. The van der Waals surface area contributed by atoms with Gasteiger partial charge in [0.15, 0.2) is 0 Å². The van der Waals surface area contributed by atoms with Gasteiger partial charge in [0.25, 0.3) is 0 Å². The molecule has 1 aliphatic rings. The number of aromatic nitrogens is 2. The Hall–Kier alpha value is -3.90. The van der Waals surface area contributed by atoms with Gasteiger partial charge in [0.05, 0.1) is 27.9 Å². The minimum Gasteiger partial charge on any atom is -0.338 e. The molecule has 1 aliphatic carbocycles. The van der Waals surface area contributed by atoms with Crippen molar-refractivity contribution in [2.24, 2.45) is 5.14 Å². The molecule has 4 N–H and O–H groups in total. The third-order valence-electron chi connectivity index (χ3n) is 5.88. The highest BCUT2D eigenvalue weighted by Crippen LogP contribution is 2.31. The number of carbonyl (C=O) groups is 1. The van der Waals surface area contributed by atoms with Crippen LogP contribution in [0.2, 0.25) is 0 Å². The van der Waals surface area contributed by atoms with Crippen LogP contribution in [0, 0.1) is 0 Å². The van der Waals surface area contributed by atoms with Crippen molar-refractivity contribution in [2.45, 2.75) is 31.5 Å². The largest absolute Gasteiger partial charge is 0.416 e. The molecule has 2 aromatic carbocycles. The summed E-state index contributed by atoms with van der Waals surface area (Å²) < 4.78 is 63.7. The summed E-state index contributed by atoms with van der Waals surface area (Å²) >= 11 is 0. The highest BCUT2D eigenvalue weighted by atomic mass is 32.2. The molecule has 1 aromatic heterocycles. The first kappa shape index (κ1) is 27.1. The van der Waals surface area contributed by atoms with Gasteiger partial charge in [0, 0.05) is 12.2 Å². The highest BCUT2D eigenvalue weighted by molar-refractivity contribution is 7.93. The average molecular weight is 546 g/mol. The molecule has 4 rings (SSSR count). The summed E-state index contributed by atoms with van der Waals surface area (Å²) in [6, 6.07) is 15.2. The number of hydrogen-bond donors (Lipinski definition) is 3. The standard InChI is InChI=1S/C26H26F3N5O3S/c27-26(28,29)19-8-4-9-20(16-19)32-25(35)31-15-5-10-21-17-24(18-6-2-1-3-7-18)34(33-21)22-11-13-23(14-12-22)38(30,36)37/h1-4,6-9,11,13-14,16-17,22H,5,10,12,15H2,(H2,30,36,37)(H2,31,32,35). The zero-order valence-electron chi connectivity index (χ0n) is 20.1. The van der Waals surface area contributed by atoms with E-state index >= 15 is 0 Å². The molecular formula is C26H26F3N5O3S. The number of nitrogens with two attached hydrogens (primary N) is 1. The molecule has 1 atom stereocenters. The van der Waals surface area contributed by atoms with Crippen molar-refractivity contribution in [2.75, 3.05) is 11.9 Å². The van der Waals surface area contributed by atoms with Crippen molar-refractivity contribution in [3.63, 3.8) is 0 Å². The molecule has 1 unspecified atom stereocenters. The maximum atomic E-state index is 12.9. The van der Waals surface area contributed by atoms with Crippen LogP contribution >= 0.6 is 0 Å². The number of sulfonamides is 1. The number of nitrogens with one attached hydrogen (secondary N) is 2. The lowest BCUT2D eigenvalue weighted by molar-refractivity contribution is -0.137. The third kappa shape index (κ3) is 6.90. The number of halogens is 3. The second kappa shape index (κ2) is 11.2. The SMILES string of the molecule is NS(=O)(=O)C1=CCC(n2nc(CCCNC(=O)Nc3cccc(C(F)(F)F)c3)cc2-c2ccccc2)C=C1. The zero-order valence-corrected chi connectivity index (χ0v) is 21.0. The van der Waals surface area contributed by atoms with E-state index in [1.807, 2.05) is 41.1 Å². The van der Waals surface area contributed by atoms with Crippen LogP contribution in [-0.4, -0.2) is 30.8 Å². The quantitative estimate of drug-likeness (QED) is 0.345. The number of carbonyl (C=O) groups excluding carboxylic acids is 1. The van der Waals surface area contributed by atoms with E-state index in [9.17, 15) is 26.4 Å². The predicted octanol–water partition coefficient (Wildman–Crippen LogP) is 5.00. The van der Waals surface area contributed by atoms with E-state index < -0.39 is 27.8 Å². The van der Waals surface area contributed by atoms with E-state index in [0.29, 0.717) is 19.3 Å². The van der Waals surface area contributed by atoms with E-state index in [1.54, 1.807) is 12.2 Å². The number of primary sulfonamides is 1. The number of anilines is 1. The highest BCUT2D eigenvalue weighted by Gasteiger charge is 2.30. The van der Waals surface area contributed by atoms with Gasteiger partial charge >= 0.3 is 12.2 Å². The fourth-order valence-corrected chi connectivity index (χ4v) is 4.64. The maximum Gasteiger partial charge on any atom is 0.416 e. The first-order chi connectivity index (χ1) is 18.0. The van der Waals surface area contributed by atoms with Crippen molar-refractivity contribution in [1.82, 2.24) is 15.1 Å². The molecule has 1 heterocycles. The van der Waals surface area contributed by atoms with Crippen LogP contribution in [0.25, 0.3) is 11.3 Å². The van der Waals surface area contributed by atoms with E-state index in [-0.39, 0.29) is 23.2 Å². The monoisotopic (exact) mass is 545 g/mol. The first-order valence-electron chi connectivity index (χ1n) is 11.8. The minimum atomic E-state index is -4.50. The molecule has 2 amide bonds. The second-order valence-corrected chi connectivity index (χ2v) is 10.3. The van der Waals surface area contributed by atoms with Gasteiger partial charge in [-0.15, -0.1) is 0 Å². The van der Waals surface area contributed by atoms with Gasteiger partial charge in [0.2, 0.25) is 10.0 Å². The summed E-state index contributed by atoms with van der Waals surface area (Å²) in [4.78, 5) is 12.2. The number of aryl methyl sites for hydroxylation is 1. The number of amides is 2. The van der Waals surface area contributed by atoms with Crippen LogP contribution in [0.4, 0.5) is 23.7 Å². The fourth-order valence-electron chi connectivity index (χ4n) is 4.05. The Kier molecular flexibility index (Phi) is 8.02. The van der Waals surface area contributed by atoms with Crippen LogP contribution in [0.15, 0.2) is 83.8 Å². The molecule has 8 nitrogen and oxygen atoms in total. The lowest BCUT2D eigenvalue weighted by Gasteiger charge is -2.19. The van der Waals surface area contributed by atoms with Crippen molar-refractivity contribution in [1.29, 1.82) is 0 Å². The van der Waals surface area contributed by atoms with Crippen molar-refractivity contribution < 1.29 is 26.4 Å². The number of benzene rings is 2. The Morgan fingerprint density at radius 3 is 2.53 bits per heavy atom. The van der Waals surface area contributed by atoms with Gasteiger partial charge in [-0.2, -0.15) is 18.3 Å². The number of urea groups is 1.